The van der Waals surface area contributed by atoms with E-state index in [1.54, 1.807) is 12.1 Å². The third kappa shape index (κ3) is 8.29. The molecule has 0 bridgehead atoms. The van der Waals surface area contributed by atoms with Crippen molar-refractivity contribution in [2.75, 3.05) is 6.54 Å². The second-order valence-corrected chi connectivity index (χ2v) is 8.62. The number of hydrogen-bond donors (Lipinski definition) is 4. The number of nitrogens with one attached hydrogen (secondary N) is 4. The van der Waals surface area contributed by atoms with Crippen molar-refractivity contribution in [3.05, 3.63) is 35.4 Å². The van der Waals surface area contributed by atoms with Gasteiger partial charge >= 0.3 is 0 Å². The lowest BCUT2D eigenvalue weighted by molar-refractivity contribution is -0.121. The van der Waals surface area contributed by atoms with Crippen LogP contribution in [0.5, 0.6) is 0 Å². The van der Waals surface area contributed by atoms with E-state index in [1.165, 1.54) is 5.56 Å². The van der Waals surface area contributed by atoms with E-state index in [-0.39, 0.29) is 35.7 Å². The SMILES string of the molecule is CC(C)(C)NC(=S)NNC(=O)CCNC(=O)c1ccc(C(C)(C)C)cc1. The fourth-order valence-corrected chi connectivity index (χ4v) is 2.43. The predicted molar refractivity (Wildman–Crippen MR) is 109 cm³/mol. The van der Waals surface area contributed by atoms with E-state index >= 15 is 0 Å². The lowest BCUT2D eigenvalue weighted by atomic mass is 9.87. The predicted octanol–water partition coefficient (Wildman–Crippen LogP) is 2.40. The Morgan fingerprint density at radius 2 is 1.54 bits per heavy atom. The van der Waals surface area contributed by atoms with Crippen LogP contribution in [0.4, 0.5) is 0 Å². The van der Waals surface area contributed by atoms with Crippen LogP contribution in [0.25, 0.3) is 0 Å². The van der Waals surface area contributed by atoms with Crippen LogP contribution in [0, 0.1) is 0 Å². The van der Waals surface area contributed by atoms with Crippen molar-refractivity contribution in [2.45, 2.75) is 58.9 Å². The molecule has 0 aliphatic carbocycles. The minimum atomic E-state index is -0.258. The third-order valence-corrected chi connectivity index (χ3v) is 3.66. The first-order valence-electron chi connectivity index (χ1n) is 8.64. The normalized spacial score (nSPS) is 11.5. The van der Waals surface area contributed by atoms with Gasteiger partial charge in [-0.25, -0.2) is 0 Å². The lowest BCUT2D eigenvalue weighted by Gasteiger charge is -2.23. The van der Waals surface area contributed by atoms with Gasteiger partial charge < -0.3 is 10.6 Å². The maximum absolute atomic E-state index is 12.1. The standard InChI is InChI=1S/C19H30N4O2S/c1-18(2,3)14-9-7-13(8-10-14)16(25)20-12-11-15(24)22-23-17(26)21-19(4,5)6/h7-10H,11-12H2,1-6H3,(H,20,25)(H,22,24)(H2,21,23,26). The minimum Gasteiger partial charge on any atom is -0.357 e. The highest BCUT2D eigenvalue weighted by Crippen LogP contribution is 2.22. The van der Waals surface area contributed by atoms with Crippen LogP contribution < -0.4 is 21.5 Å². The average Bonchev–Trinajstić information content (AvgIpc) is 2.50. The molecule has 0 radical (unpaired) electrons. The molecule has 144 valence electrons. The molecule has 26 heavy (non-hydrogen) atoms. The molecule has 0 fully saturated rings. The number of hydrogen-bond acceptors (Lipinski definition) is 3. The zero-order valence-electron chi connectivity index (χ0n) is 16.4. The molecule has 0 heterocycles. The van der Waals surface area contributed by atoms with E-state index in [0.29, 0.717) is 10.7 Å². The van der Waals surface area contributed by atoms with Crippen LogP contribution >= 0.6 is 12.2 Å². The van der Waals surface area contributed by atoms with Crippen LogP contribution in [0.2, 0.25) is 0 Å². The van der Waals surface area contributed by atoms with Crippen LogP contribution in [0.3, 0.4) is 0 Å². The summed E-state index contributed by atoms with van der Waals surface area (Å²) in [5.74, 6) is -0.456. The van der Waals surface area contributed by atoms with Crippen molar-refractivity contribution >= 4 is 29.1 Å². The molecule has 0 aliphatic rings. The summed E-state index contributed by atoms with van der Waals surface area (Å²) in [6.45, 7) is 12.5. The molecule has 0 aliphatic heterocycles. The summed E-state index contributed by atoms with van der Waals surface area (Å²) in [5.41, 5.74) is 6.73. The van der Waals surface area contributed by atoms with Crippen molar-refractivity contribution in [2.24, 2.45) is 0 Å². The highest BCUT2D eigenvalue weighted by molar-refractivity contribution is 7.80. The first-order valence-corrected chi connectivity index (χ1v) is 9.05. The summed E-state index contributed by atoms with van der Waals surface area (Å²) in [4.78, 5) is 23.9. The Kier molecular flexibility index (Phi) is 7.56. The zero-order chi connectivity index (χ0) is 20.0. The van der Waals surface area contributed by atoms with Gasteiger partial charge in [-0.3, -0.25) is 20.4 Å². The van der Waals surface area contributed by atoms with Crippen molar-refractivity contribution in [1.82, 2.24) is 21.5 Å². The number of thiocarbonyl (C=S) groups is 1. The Morgan fingerprint density at radius 3 is 2.04 bits per heavy atom. The summed E-state index contributed by atoms with van der Waals surface area (Å²) in [6, 6.07) is 7.51. The zero-order valence-corrected chi connectivity index (χ0v) is 17.3. The Morgan fingerprint density at radius 1 is 0.962 bits per heavy atom. The summed E-state index contributed by atoms with van der Waals surface area (Å²) in [6.07, 6.45) is 0.150. The maximum atomic E-state index is 12.1. The Bertz CT molecular complexity index is 643. The smallest absolute Gasteiger partial charge is 0.251 e. The number of hydrazine groups is 1. The number of amides is 2. The van der Waals surface area contributed by atoms with E-state index in [0.717, 1.165) is 0 Å². The molecule has 2 amide bonds. The first kappa shape index (κ1) is 21.9. The molecule has 1 aromatic carbocycles. The van der Waals surface area contributed by atoms with Gasteiger partial charge in [0.2, 0.25) is 5.91 Å². The third-order valence-electron chi connectivity index (χ3n) is 3.45. The molecule has 1 aromatic rings. The summed E-state index contributed by atoms with van der Waals surface area (Å²) >= 11 is 5.07. The first-order chi connectivity index (χ1) is 11.9. The highest BCUT2D eigenvalue weighted by atomic mass is 32.1. The number of benzene rings is 1. The van der Waals surface area contributed by atoms with Gasteiger partial charge in [0.1, 0.15) is 0 Å². The number of rotatable bonds is 4. The molecule has 0 saturated heterocycles. The fraction of sp³-hybridized carbons (Fsp3) is 0.526. The van der Waals surface area contributed by atoms with E-state index < -0.39 is 0 Å². The molecular weight excluding hydrogens is 348 g/mol. The van der Waals surface area contributed by atoms with Crippen molar-refractivity contribution in [3.8, 4) is 0 Å². The average molecular weight is 379 g/mol. The Balaban J connectivity index is 2.35. The van der Waals surface area contributed by atoms with Gasteiger partial charge in [-0.2, -0.15) is 0 Å². The van der Waals surface area contributed by atoms with Crippen LogP contribution in [-0.4, -0.2) is 29.0 Å². The van der Waals surface area contributed by atoms with Crippen molar-refractivity contribution in [3.63, 3.8) is 0 Å². The topological polar surface area (TPSA) is 82.3 Å². The number of carbonyl (C=O) groups is 2. The number of carbonyl (C=O) groups excluding carboxylic acids is 2. The van der Waals surface area contributed by atoms with E-state index in [9.17, 15) is 9.59 Å². The van der Waals surface area contributed by atoms with E-state index in [2.05, 4.69) is 42.3 Å². The molecule has 0 atom stereocenters. The van der Waals surface area contributed by atoms with Crippen LogP contribution in [0.15, 0.2) is 24.3 Å². The van der Waals surface area contributed by atoms with Crippen LogP contribution in [0.1, 0.15) is 63.9 Å². The van der Waals surface area contributed by atoms with Crippen molar-refractivity contribution in [1.29, 1.82) is 0 Å². The van der Waals surface area contributed by atoms with Gasteiger partial charge in [0, 0.05) is 24.1 Å². The van der Waals surface area contributed by atoms with Crippen molar-refractivity contribution < 1.29 is 9.59 Å². The summed E-state index contributed by atoms with van der Waals surface area (Å²) in [7, 11) is 0. The quantitative estimate of drug-likeness (QED) is 0.478. The molecule has 1 rings (SSSR count). The molecule has 4 N–H and O–H groups in total. The van der Waals surface area contributed by atoms with Crippen LogP contribution in [-0.2, 0) is 10.2 Å². The largest absolute Gasteiger partial charge is 0.357 e. The second-order valence-electron chi connectivity index (χ2n) is 8.21. The molecule has 0 spiro atoms. The van der Waals surface area contributed by atoms with Gasteiger partial charge in [-0.05, 0) is 56.1 Å². The Labute approximate surface area is 161 Å². The van der Waals surface area contributed by atoms with Gasteiger partial charge in [-0.1, -0.05) is 32.9 Å². The Hall–Kier alpha value is -2.15. The highest BCUT2D eigenvalue weighted by Gasteiger charge is 2.14. The summed E-state index contributed by atoms with van der Waals surface area (Å²) < 4.78 is 0. The lowest BCUT2D eigenvalue weighted by Crippen LogP contribution is -2.52. The second kappa shape index (κ2) is 8.98. The van der Waals surface area contributed by atoms with Gasteiger partial charge in [0.15, 0.2) is 5.11 Å². The molecule has 0 aromatic heterocycles. The maximum Gasteiger partial charge on any atom is 0.251 e. The van der Waals surface area contributed by atoms with Gasteiger partial charge in [-0.15, -0.1) is 0 Å². The molecule has 6 nitrogen and oxygen atoms in total. The van der Waals surface area contributed by atoms with E-state index in [1.807, 2.05) is 32.9 Å². The minimum absolute atomic E-state index is 0.0442. The fourth-order valence-electron chi connectivity index (χ4n) is 2.07. The molecule has 0 unspecified atom stereocenters. The molecule has 7 heteroatoms. The molecular formula is C19H30N4O2S. The summed E-state index contributed by atoms with van der Waals surface area (Å²) in [5, 5.41) is 6.10. The van der Waals surface area contributed by atoms with Gasteiger partial charge in [0.05, 0.1) is 0 Å². The van der Waals surface area contributed by atoms with Gasteiger partial charge in [0.25, 0.3) is 5.91 Å². The monoisotopic (exact) mass is 378 g/mol. The molecule has 0 saturated carbocycles. The van der Waals surface area contributed by atoms with E-state index in [4.69, 9.17) is 12.2 Å².